The molecule has 1 aromatic rings. The lowest BCUT2D eigenvalue weighted by Gasteiger charge is -2.20. The molecular formula is C14H11FO2. The smallest absolute Gasteiger partial charge is 0.137 e. The molecule has 0 unspecified atom stereocenters. The van der Waals surface area contributed by atoms with E-state index in [1.54, 1.807) is 30.4 Å². The van der Waals surface area contributed by atoms with Gasteiger partial charge in [0, 0.05) is 5.56 Å². The number of carbonyl (C=O) groups excluding carboxylic acids is 2. The van der Waals surface area contributed by atoms with Gasteiger partial charge >= 0.3 is 0 Å². The van der Waals surface area contributed by atoms with Crippen LogP contribution in [0.4, 0.5) is 4.39 Å². The molecule has 0 N–H and O–H groups in total. The zero-order valence-electron chi connectivity index (χ0n) is 9.10. The van der Waals surface area contributed by atoms with Gasteiger partial charge in [-0.25, -0.2) is 4.39 Å². The van der Waals surface area contributed by atoms with E-state index in [0.717, 1.165) is 0 Å². The Labute approximate surface area is 98.5 Å². The molecule has 0 atom stereocenters. The molecule has 0 heterocycles. The zero-order chi connectivity index (χ0) is 12.3. The summed E-state index contributed by atoms with van der Waals surface area (Å²) in [6.45, 7) is 0. The second kappa shape index (κ2) is 4.45. The standard InChI is InChI=1S/C14H11FO2/c15-13-4-2-1-3-12(13)11-5-7-14(9-16,10-17)8-6-11/h1-7,9-10H,8H2. The monoisotopic (exact) mass is 230 g/mol. The minimum Gasteiger partial charge on any atom is -0.302 e. The summed E-state index contributed by atoms with van der Waals surface area (Å²) >= 11 is 0. The summed E-state index contributed by atoms with van der Waals surface area (Å²) in [6, 6.07) is 6.41. The number of rotatable bonds is 3. The van der Waals surface area contributed by atoms with Gasteiger partial charge in [0.1, 0.15) is 23.8 Å². The predicted molar refractivity (Wildman–Crippen MR) is 62.7 cm³/mol. The van der Waals surface area contributed by atoms with Crippen LogP contribution in [0, 0.1) is 11.2 Å². The predicted octanol–water partition coefficient (Wildman–Crippen LogP) is 2.55. The SMILES string of the molecule is O=CC1(C=O)C=CC(c2ccccc2F)=CC1. The first kappa shape index (κ1) is 11.5. The summed E-state index contributed by atoms with van der Waals surface area (Å²) in [5.74, 6) is -0.312. The molecule has 0 aliphatic heterocycles. The van der Waals surface area contributed by atoms with E-state index >= 15 is 0 Å². The fourth-order valence-corrected chi connectivity index (χ4v) is 1.77. The van der Waals surface area contributed by atoms with Gasteiger partial charge in [0.05, 0.1) is 0 Å². The topological polar surface area (TPSA) is 34.1 Å². The van der Waals surface area contributed by atoms with E-state index in [4.69, 9.17) is 0 Å². The van der Waals surface area contributed by atoms with Crippen molar-refractivity contribution in [3.8, 4) is 0 Å². The average molecular weight is 230 g/mol. The molecule has 0 bridgehead atoms. The van der Waals surface area contributed by atoms with Gasteiger partial charge < -0.3 is 9.59 Å². The van der Waals surface area contributed by atoms with Crippen molar-refractivity contribution < 1.29 is 14.0 Å². The third-order valence-corrected chi connectivity index (χ3v) is 2.87. The van der Waals surface area contributed by atoms with Gasteiger partial charge in [0.2, 0.25) is 0 Å². The normalized spacial score (nSPS) is 17.4. The molecule has 0 spiro atoms. The largest absolute Gasteiger partial charge is 0.302 e. The second-order valence-electron chi connectivity index (χ2n) is 4.02. The Hall–Kier alpha value is -2.03. The van der Waals surface area contributed by atoms with Crippen molar-refractivity contribution in [2.75, 3.05) is 0 Å². The Morgan fingerprint density at radius 2 is 1.88 bits per heavy atom. The highest BCUT2D eigenvalue weighted by Crippen LogP contribution is 2.30. The van der Waals surface area contributed by atoms with Gasteiger partial charge in [0.25, 0.3) is 0 Å². The molecule has 0 aromatic heterocycles. The summed E-state index contributed by atoms with van der Waals surface area (Å²) in [4.78, 5) is 21.7. The van der Waals surface area contributed by atoms with Crippen LogP contribution < -0.4 is 0 Å². The average Bonchev–Trinajstić information content (AvgIpc) is 2.40. The first-order valence-corrected chi connectivity index (χ1v) is 5.28. The van der Waals surface area contributed by atoms with Crippen LogP contribution in [0.3, 0.4) is 0 Å². The van der Waals surface area contributed by atoms with Crippen LogP contribution in [0.25, 0.3) is 5.57 Å². The molecule has 0 saturated heterocycles. The highest BCUT2D eigenvalue weighted by atomic mass is 19.1. The van der Waals surface area contributed by atoms with Crippen LogP contribution in [0.2, 0.25) is 0 Å². The quantitative estimate of drug-likeness (QED) is 0.590. The Morgan fingerprint density at radius 3 is 2.41 bits per heavy atom. The number of halogens is 1. The third-order valence-electron chi connectivity index (χ3n) is 2.87. The summed E-state index contributed by atoms with van der Waals surface area (Å²) in [7, 11) is 0. The number of hydrogen-bond donors (Lipinski definition) is 0. The summed E-state index contributed by atoms with van der Waals surface area (Å²) in [6.07, 6.45) is 6.36. The lowest BCUT2D eigenvalue weighted by molar-refractivity contribution is -0.123. The van der Waals surface area contributed by atoms with Gasteiger partial charge in [-0.1, -0.05) is 36.4 Å². The van der Waals surface area contributed by atoms with Crippen molar-refractivity contribution in [3.63, 3.8) is 0 Å². The first-order valence-electron chi connectivity index (χ1n) is 5.28. The van der Waals surface area contributed by atoms with Crippen molar-refractivity contribution >= 4 is 18.1 Å². The van der Waals surface area contributed by atoms with Crippen LogP contribution in [-0.4, -0.2) is 12.6 Å². The number of aldehydes is 2. The zero-order valence-corrected chi connectivity index (χ0v) is 9.10. The Balaban J connectivity index is 2.32. The number of carbonyl (C=O) groups is 2. The molecule has 1 aliphatic rings. The molecule has 2 rings (SSSR count). The van der Waals surface area contributed by atoms with E-state index in [2.05, 4.69) is 0 Å². The van der Waals surface area contributed by atoms with Gasteiger partial charge in [-0.05, 0) is 18.1 Å². The fraction of sp³-hybridized carbons (Fsp3) is 0.143. The number of benzene rings is 1. The Morgan fingerprint density at radius 1 is 1.18 bits per heavy atom. The summed E-state index contributed by atoms with van der Waals surface area (Å²) < 4.78 is 13.5. The van der Waals surface area contributed by atoms with E-state index in [9.17, 15) is 14.0 Å². The number of hydrogen-bond acceptors (Lipinski definition) is 2. The van der Waals surface area contributed by atoms with Crippen LogP contribution >= 0.6 is 0 Å². The molecular weight excluding hydrogens is 219 g/mol. The first-order chi connectivity index (χ1) is 8.21. The molecule has 0 amide bonds. The molecule has 0 saturated carbocycles. The molecule has 2 nitrogen and oxygen atoms in total. The second-order valence-corrected chi connectivity index (χ2v) is 4.02. The maximum atomic E-state index is 13.5. The molecule has 0 fully saturated rings. The Kier molecular flexibility index (Phi) is 3.00. The molecule has 3 heteroatoms. The van der Waals surface area contributed by atoms with E-state index in [1.165, 1.54) is 12.1 Å². The highest BCUT2D eigenvalue weighted by molar-refractivity contribution is 5.90. The van der Waals surface area contributed by atoms with Crippen molar-refractivity contribution in [3.05, 3.63) is 53.9 Å². The molecule has 86 valence electrons. The summed E-state index contributed by atoms with van der Waals surface area (Å²) in [5, 5.41) is 0. The molecule has 1 aromatic carbocycles. The van der Waals surface area contributed by atoms with E-state index in [-0.39, 0.29) is 12.2 Å². The van der Waals surface area contributed by atoms with Gasteiger partial charge in [0.15, 0.2) is 0 Å². The fourth-order valence-electron chi connectivity index (χ4n) is 1.77. The number of allylic oxidation sites excluding steroid dienone is 4. The molecule has 1 aliphatic carbocycles. The van der Waals surface area contributed by atoms with Crippen LogP contribution in [0.15, 0.2) is 42.5 Å². The maximum Gasteiger partial charge on any atom is 0.137 e. The van der Waals surface area contributed by atoms with E-state index in [0.29, 0.717) is 23.7 Å². The molecule has 17 heavy (non-hydrogen) atoms. The molecule has 0 radical (unpaired) electrons. The van der Waals surface area contributed by atoms with Crippen molar-refractivity contribution in [2.45, 2.75) is 6.42 Å². The van der Waals surface area contributed by atoms with Crippen molar-refractivity contribution in [2.24, 2.45) is 5.41 Å². The lowest BCUT2D eigenvalue weighted by Crippen LogP contribution is -2.22. The van der Waals surface area contributed by atoms with Gasteiger partial charge in [-0.15, -0.1) is 0 Å². The van der Waals surface area contributed by atoms with Crippen LogP contribution in [-0.2, 0) is 9.59 Å². The van der Waals surface area contributed by atoms with E-state index in [1.807, 2.05) is 0 Å². The van der Waals surface area contributed by atoms with Crippen LogP contribution in [0.1, 0.15) is 12.0 Å². The summed E-state index contributed by atoms with van der Waals surface area (Å²) in [5.41, 5.74) is 0.103. The van der Waals surface area contributed by atoms with Crippen molar-refractivity contribution in [1.29, 1.82) is 0 Å². The highest BCUT2D eigenvalue weighted by Gasteiger charge is 2.27. The maximum absolute atomic E-state index is 13.5. The minimum atomic E-state index is -1.07. The van der Waals surface area contributed by atoms with Gasteiger partial charge in [-0.2, -0.15) is 0 Å². The Bertz CT molecular complexity index is 507. The van der Waals surface area contributed by atoms with Crippen LogP contribution in [0.5, 0.6) is 0 Å². The van der Waals surface area contributed by atoms with Gasteiger partial charge in [-0.3, -0.25) is 0 Å². The van der Waals surface area contributed by atoms with E-state index < -0.39 is 5.41 Å². The minimum absolute atomic E-state index is 0.278. The third kappa shape index (κ3) is 2.09. The van der Waals surface area contributed by atoms with Crippen molar-refractivity contribution in [1.82, 2.24) is 0 Å². The lowest BCUT2D eigenvalue weighted by atomic mass is 9.81.